The lowest BCUT2D eigenvalue weighted by Gasteiger charge is -2.36. The van der Waals surface area contributed by atoms with Crippen molar-refractivity contribution in [3.05, 3.63) is 30.4 Å². The number of fused-ring (bicyclic) bond motifs is 1. The zero-order valence-corrected chi connectivity index (χ0v) is 14.7. The number of rotatable bonds is 4. The van der Waals surface area contributed by atoms with Gasteiger partial charge in [0.2, 0.25) is 23.5 Å². The van der Waals surface area contributed by atoms with Crippen LogP contribution < -0.4 is 0 Å². The molecule has 2 saturated heterocycles. The van der Waals surface area contributed by atoms with Gasteiger partial charge in [0.25, 0.3) is 0 Å². The minimum Gasteiger partial charge on any atom is -0.342 e. The van der Waals surface area contributed by atoms with Gasteiger partial charge in [0, 0.05) is 69.3 Å². The summed E-state index contributed by atoms with van der Waals surface area (Å²) in [7, 11) is 1.86. The molecule has 2 atom stereocenters. The summed E-state index contributed by atoms with van der Waals surface area (Å²) >= 11 is 0. The Balaban J connectivity index is 1.32. The molecule has 2 aromatic rings. The molecule has 2 aromatic heterocycles. The Kier molecular flexibility index (Phi) is 4.40. The summed E-state index contributed by atoms with van der Waals surface area (Å²) in [4.78, 5) is 36.4. The van der Waals surface area contributed by atoms with Crippen molar-refractivity contribution in [2.75, 3.05) is 20.1 Å². The molecular weight excluding hydrogens is 334 g/mol. The number of carbonyl (C=O) groups is 2. The molecular formula is C18H21N5O3. The van der Waals surface area contributed by atoms with E-state index in [9.17, 15) is 9.59 Å². The zero-order chi connectivity index (χ0) is 18.1. The molecule has 2 aliphatic rings. The van der Waals surface area contributed by atoms with Gasteiger partial charge in [-0.15, -0.1) is 0 Å². The molecule has 2 aliphatic heterocycles. The summed E-state index contributed by atoms with van der Waals surface area (Å²) in [6, 6.07) is 3.90. The monoisotopic (exact) mass is 355 g/mol. The predicted molar refractivity (Wildman–Crippen MR) is 91.7 cm³/mol. The van der Waals surface area contributed by atoms with E-state index in [1.807, 2.05) is 29.0 Å². The van der Waals surface area contributed by atoms with Crippen LogP contribution in [0.2, 0.25) is 0 Å². The number of piperidine rings is 1. The van der Waals surface area contributed by atoms with Crippen LogP contribution in [0.25, 0.3) is 11.4 Å². The average Bonchev–Trinajstić information content (AvgIpc) is 3.25. The van der Waals surface area contributed by atoms with E-state index in [0.29, 0.717) is 44.1 Å². The summed E-state index contributed by atoms with van der Waals surface area (Å²) in [6.07, 6.45) is 5.49. The molecule has 8 heteroatoms. The third-order valence-electron chi connectivity index (χ3n) is 5.33. The Morgan fingerprint density at radius 2 is 2.15 bits per heavy atom. The lowest BCUT2D eigenvalue weighted by Crippen LogP contribution is -2.47. The van der Waals surface area contributed by atoms with Gasteiger partial charge in [0.15, 0.2) is 0 Å². The number of aromatic nitrogens is 3. The lowest BCUT2D eigenvalue weighted by molar-refractivity contribution is -0.133. The van der Waals surface area contributed by atoms with Crippen molar-refractivity contribution in [3.8, 4) is 11.4 Å². The largest absolute Gasteiger partial charge is 0.342 e. The van der Waals surface area contributed by atoms with Gasteiger partial charge >= 0.3 is 0 Å². The molecule has 0 unspecified atom stereocenters. The van der Waals surface area contributed by atoms with Crippen LogP contribution >= 0.6 is 0 Å². The first-order valence-electron chi connectivity index (χ1n) is 8.88. The van der Waals surface area contributed by atoms with Gasteiger partial charge in [-0.05, 0) is 18.6 Å². The van der Waals surface area contributed by atoms with Crippen molar-refractivity contribution < 1.29 is 14.1 Å². The van der Waals surface area contributed by atoms with Gasteiger partial charge in [-0.3, -0.25) is 14.6 Å². The molecule has 8 nitrogen and oxygen atoms in total. The van der Waals surface area contributed by atoms with Crippen LogP contribution in [0.15, 0.2) is 29.0 Å². The van der Waals surface area contributed by atoms with Gasteiger partial charge in [-0.1, -0.05) is 5.16 Å². The SMILES string of the molecule is CN1C(=O)C[C@@H]2CN(C(=O)CCc3nc(-c4ccncc4)no3)CC[C@@H]21. The van der Waals surface area contributed by atoms with Crippen LogP contribution in [0.3, 0.4) is 0 Å². The summed E-state index contributed by atoms with van der Waals surface area (Å²) in [5, 5.41) is 3.96. The van der Waals surface area contributed by atoms with E-state index >= 15 is 0 Å². The van der Waals surface area contributed by atoms with Crippen LogP contribution in [-0.4, -0.2) is 62.9 Å². The second kappa shape index (κ2) is 6.86. The molecule has 26 heavy (non-hydrogen) atoms. The highest BCUT2D eigenvalue weighted by molar-refractivity contribution is 5.80. The Morgan fingerprint density at radius 1 is 1.35 bits per heavy atom. The van der Waals surface area contributed by atoms with Crippen LogP contribution in [0.4, 0.5) is 0 Å². The molecule has 0 aliphatic carbocycles. The first kappa shape index (κ1) is 16.7. The number of nitrogens with zero attached hydrogens (tertiary/aromatic N) is 5. The van der Waals surface area contributed by atoms with E-state index in [1.165, 1.54) is 0 Å². The predicted octanol–water partition coefficient (Wildman–Crippen LogP) is 1.14. The first-order valence-corrected chi connectivity index (χ1v) is 8.88. The molecule has 2 fully saturated rings. The third kappa shape index (κ3) is 3.18. The maximum atomic E-state index is 12.5. The second-order valence-corrected chi connectivity index (χ2v) is 6.91. The lowest BCUT2D eigenvalue weighted by atomic mass is 9.92. The summed E-state index contributed by atoms with van der Waals surface area (Å²) in [5.41, 5.74) is 0.832. The third-order valence-corrected chi connectivity index (χ3v) is 5.33. The number of likely N-dealkylation sites (tertiary alicyclic amines) is 2. The minimum absolute atomic E-state index is 0.0779. The van der Waals surface area contributed by atoms with Crippen LogP contribution in [-0.2, 0) is 16.0 Å². The Hall–Kier alpha value is -2.77. The minimum atomic E-state index is 0.0779. The summed E-state index contributed by atoms with van der Waals surface area (Å²) in [6.45, 7) is 1.36. The Labute approximate surface area is 151 Å². The van der Waals surface area contributed by atoms with E-state index in [-0.39, 0.29) is 23.8 Å². The van der Waals surface area contributed by atoms with Crippen molar-refractivity contribution in [1.82, 2.24) is 24.9 Å². The van der Waals surface area contributed by atoms with E-state index < -0.39 is 0 Å². The standard InChI is InChI=1S/C18H21N5O3/c1-22-14-6-9-23(11-13(14)10-17(22)25)16(24)3-2-15-20-18(21-26-15)12-4-7-19-8-5-12/h4-5,7-8,13-14H,2-3,6,9-11H2,1H3/t13-,14+/m1/s1. The molecule has 0 radical (unpaired) electrons. The second-order valence-electron chi connectivity index (χ2n) is 6.91. The fourth-order valence-electron chi connectivity index (χ4n) is 3.86. The van der Waals surface area contributed by atoms with Gasteiger partial charge in [-0.25, -0.2) is 0 Å². The van der Waals surface area contributed by atoms with E-state index in [4.69, 9.17) is 4.52 Å². The number of hydrogen-bond donors (Lipinski definition) is 0. The number of amides is 2. The van der Waals surface area contributed by atoms with E-state index in [0.717, 1.165) is 12.0 Å². The molecule has 2 amide bonds. The molecule has 0 bridgehead atoms. The summed E-state index contributed by atoms with van der Waals surface area (Å²) in [5.74, 6) is 1.48. The number of hydrogen-bond acceptors (Lipinski definition) is 6. The number of aryl methyl sites for hydroxylation is 1. The van der Waals surface area contributed by atoms with Crippen molar-refractivity contribution in [2.45, 2.75) is 31.7 Å². The topological polar surface area (TPSA) is 92.4 Å². The fourth-order valence-corrected chi connectivity index (χ4v) is 3.86. The number of pyridine rings is 1. The van der Waals surface area contributed by atoms with Gasteiger partial charge in [0.1, 0.15) is 0 Å². The summed E-state index contributed by atoms with van der Waals surface area (Å²) < 4.78 is 5.25. The highest BCUT2D eigenvalue weighted by Crippen LogP contribution is 2.31. The van der Waals surface area contributed by atoms with Crippen LogP contribution in [0.1, 0.15) is 25.2 Å². The van der Waals surface area contributed by atoms with Crippen LogP contribution in [0, 0.1) is 5.92 Å². The maximum Gasteiger partial charge on any atom is 0.227 e. The highest BCUT2D eigenvalue weighted by atomic mass is 16.5. The average molecular weight is 355 g/mol. The van der Waals surface area contributed by atoms with Gasteiger partial charge in [-0.2, -0.15) is 4.98 Å². The first-order chi connectivity index (χ1) is 12.6. The molecule has 136 valence electrons. The number of carbonyl (C=O) groups excluding carboxylic acids is 2. The van der Waals surface area contributed by atoms with Crippen molar-refractivity contribution in [2.24, 2.45) is 5.92 Å². The van der Waals surface area contributed by atoms with Crippen LogP contribution in [0.5, 0.6) is 0 Å². The molecule has 0 spiro atoms. The highest BCUT2D eigenvalue weighted by Gasteiger charge is 2.41. The van der Waals surface area contributed by atoms with E-state index in [1.54, 1.807) is 12.4 Å². The van der Waals surface area contributed by atoms with Gasteiger partial charge < -0.3 is 14.3 Å². The smallest absolute Gasteiger partial charge is 0.227 e. The quantitative estimate of drug-likeness (QED) is 0.817. The normalized spacial score (nSPS) is 22.6. The Morgan fingerprint density at radius 3 is 2.96 bits per heavy atom. The van der Waals surface area contributed by atoms with Crippen molar-refractivity contribution in [3.63, 3.8) is 0 Å². The van der Waals surface area contributed by atoms with Crippen molar-refractivity contribution in [1.29, 1.82) is 0 Å². The van der Waals surface area contributed by atoms with Gasteiger partial charge in [0.05, 0.1) is 0 Å². The molecule has 0 saturated carbocycles. The zero-order valence-electron chi connectivity index (χ0n) is 14.7. The molecule has 0 N–H and O–H groups in total. The molecule has 4 rings (SSSR count). The van der Waals surface area contributed by atoms with E-state index in [2.05, 4.69) is 15.1 Å². The van der Waals surface area contributed by atoms with Crippen molar-refractivity contribution >= 4 is 11.8 Å². The Bertz CT molecular complexity index is 806. The fraction of sp³-hybridized carbons (Fsp3) is 0.500. The molecule has 0 aromatic carbocycles. The molecule has 4 heterocycles. The maximum absolute atomic E-state index is 12.5.